The Morgan fingerprint density at radius 3 is 2.55 bits per heavy atom. The van der Waals surface area contributed by atoms with Crippen LogP contribution < -0.4 is 10.2 Å². The molecular formula is C23H25FN4O2S. The Bertz CT molecular complexity index is 1070. The molecule has 0 spiro atoms. The number of amides is 2. The first kappa shape index (κ1) is 22.6. The maximum absolute atomic E-state index is 14.9. The number of aromatic nitrogens is 2. The number of nitrogens with one attached hydrogen (secondary N) is 1. The average molecular weight is 441 g/mol. The number of para-hydroxylation sites is 1. The topological polar surface area (TPSA) is 75.2 Å². The van der Waals surface area contributed by atoms with Crippen molar-refractivity contribution in [1.82, 2.24) is 14.9 Å². The van der Waals surface area contributed by atoms with Crippen LogP contribution in [0.3, 0.4) is 0 Å². The number of benzene rings is 2. The molecule has 0 aliphatic rings. The number of hydrogen-bond donors (Lipinski definition) is 1. The minimum Gasteiger partial charge on any atom is -0.349 e. The van der Waals surface area contributed by atoms with E-state index in [4.69, 9.17) is 0 Å². The number of aryl methyl sites for hydroxylation is 1. The van der Waals surface area contributed by atoms with Crippen LogP contribution in [0.25, 0.3) is 0 Å². The van der Waals surface area contributed by atoms with Crippen LogP contribution >= 0.6 is 11.5 Å². The van der Waals surface area contributed by atoms with Gasteiger partial charge in [-0.25, -0.2) is 4.39 Å². The number of anilines is 1. The van der Waals surface area contributed by atoms with E-state index in [2.05, 4.69) is 14.9 Å². The molecule has 162 valence electrons. The number of carbonyl (C=O) groups excluding carboxylic acids is 2. The zero-order chi connectivity index (χ0) is 22.6. The Hall–Kier alpha value is -3.13. The smallest absolute Gasteiger partial charge is 0.280 e. The molecule has 0 bridgehead atoms. The number of hydrogen-bond acceptors (Lipinski definition) is 5. The van der Waals surface area contributed by atoms with Gasteiger partial charge in [0.15, 0.2) is 5.69 Å². The second-order valence-electron chi connectivity index (χ2n) is 7.96. The lowest BCUT2D eigenvalue weighted by atomic mass is 9.97. The summed E-state index contributed by atoms with van der Waals surface area (Å²) in [6.45, 7) is 7.66. The molecule has 0 aliphatic heterocycles. The third-order valence-corrected chi connectivity index (χ3v) is 5.62. The van der Waals surface area contributed by atoms with Crippen LogP contribution in [0.15, 0.2) is 53.9 Å². The Kier molecular flexibility index (Phi) is 6.80. The molecular weight excluding hydrogens is 415 g/mol. The van der Waals surface area contributed by atoms with E-state index < -0.39 is 29.2 Å². The molecule has 3 aromatic rings. The van der Waals surface area contributed by atoms with E-state index in [0.29, 0.717) is 12.0 Å². The molecule has 8 heteroatoms. The first-order chi connectivity index (χ1) is 14.7. The number of rotatable bonds is 7. The normalized spacial score (nSPS) is 12.3. The van der Waals surface area contributed by atoms with Crippen molar-refractivity contribution < 1.29 is 14.0 Å². The van der Waals surface area contributed by atoms with E-state index in [9.17, 15) is 14.0 Å². The second-order valence-corrected chi connectivity index (χ2v) is 8.57. The van der Waals surface area contributed by atoms with Gasteiger partial charge in [0.1, 0.15) is 11.9 Å². The summed E-state index contributed by atoms with van der Waals surface area (Å²) in [5, 5.41) is 8.35. The molecule has 0 aliphatic carbocycles. The average Bonchev–Trinajstić information content (AvgIpc) is 3.26. The fourth-order valence-electron chi connectivity index (χ4n) is 3.14. The van der Waals surface area contributed by atoms with Gasteiger partial charge in [-0.1, -0.05) is 53.4 Å². The molecule has 0 radical (unpaired) electrons. The minimum atomic E-state index is -1.10. The lowest BCUT2D eigenvalue weighted by Gasteiger charge is -2.34. The summed E-state index contributed by atoms with van der Waals surface area (Å²) < 4.78 is 18.7. The highest BCUT2D eigenvalue weighted by molar-refractivity contribution is 7.03. The van der Waals surface area contributed by atoms with Gasteiger partial charge in [0, 0.05) is 10.9 Å². The lowest BCUT2D eigenvalue weighted by molar-refractivity contribution is -0.124. The van der Waals surface area contributed by atoms with E-state index in [1.807, 2.05) is 45.9 Å². The predicted molar refractivity (Wildman–Crippen MR) is 120 cm³/mol. The summed E-state index contributed by atoms with van der Waals surface area (Å²) in [4.78, 5) is 28.2. The largest absolute Gasteiger partial charge is 0.349 e. The maximum Gasteiger partial charge on any atom is 0.280 e. The Labute approximate surface area is 185 Å². The van der Waals surface area contributed by atoms with Crippen molar-refractivity contribution in [2.24, 2.45) is 0 Å². The van der Waals surface area contributed by atoms with Gasteiger partial charge in [-0.3, -0.25) is 14.5 Å². The first-order valence-electron chi connectivity index (χ1n) is 9.97. The number of carbonyl (C=O) groups is 2. The summed E-state index contributed by atoms with van der Waals surface area (Å²) in [5.41, 5.74) is 1.03. The van der Waals surface area contributed by atoms with Crippen molar-refractivity contribution in [1.29, 1.82) is 0 Å². The third kappa shape index (κ3) is 5.14. The van der Waals surface area contributed by atoms with Crippen LogP contribution in [0.4, 0.5) is 10.1 Å². The third-order valence-electron chi connectivity index (χ3n) is 5.12. The van der Waals surface area contributed by atoms with Gasteiger partial charge in [0.25, 0.3) is 5.91 Å². The summed E-state index contributed by atoms with van der Waals surface area (Å²) in [6.07, 6.45) is 0.683. The standard InChI is InChI=1S/C23H25FN4O2S/c1-5-23(3,4)25-21(29)20(16-10-8-9-15(2)13-16)28(19-12-7-6-11-17(19)24)22(30)18-14-31-27-26-18/h6-14,20H,5H2,1-4H3,(H,25,29)/t20-/m0/s1. The minimum absolute atomic E-state index is 0.00328. The van der Waals surface area contributed by atoms with E-state index in [0.717, 1.165) is 17.1 Å². The Morgan fingerprint density at radius 2 is 1.94 bits per heavy atom. The van der Waals surface area contributed by atoms with Gasteiger partial charge < -0.3 is 5.32 Å². The quantitative estimate of drug-likeness (QED) is 0.579. The summed E-state index contributed by atoms with van der Waals surface area (Å²) in [7, 11) is 0. The van der Waals surface area contributed by atoms with Crippen LogP contribution in [0, 0.1) is 12.7 Å². The van der Waals surface area contributed by atoms with E-state index in [-0.39, 0.29) is 11.4 Å². The highest BCUT2D eigenvalue weighted by Crippen LogP contribution is 2.32. The summed E-state index contributed by atoms with van der Waals surface area (Å²) >= 11 is 1.01. The molecule has 1 heterocycles. The van der Waals surface area contributed by atoms with E-state index >= 15 is 0 Å². The van der Waals surface area contributed by atoms with Crippen molar-refractivity contribution in [3.63, 3.8) is 0 Å². The van der Waals surface area contributed by atoms with Gasteiger partial charge in [0.2, 0.25) is 5.91 Å². The molecule has 0 fully saturated rings. The summed E-state index contributed by atoms with van der Waals surface area (Å²) in [6, 6.07) is 12.1. The fraction of sp³-hybridized carbons (Fsp3) is 0.304. The van der Waals surface area contributed by atoms with Crippen LogP contribution in [0.2, 0.25) is 0 Å². The van der Waals surface area contributed by atoms with E-state index in [1.54, 1.807) is 12.1 Å². The van der Waals surface area contributed by atoms with Crippen LogP contribution in [0.1, 0.15) is 54.8 Å². The van der Waals surface area contributed by atoms with Crippen molar-refractivity contribution in [3.05, 3.63) is 76.5 Å². The van der Waals surface area contributed by atoms with Crippen LogP contribution in [0.5, 0.6) is 0 Å². The van der Waals surface area contributed by atoms with Crippen LogP contribution in [-0.2, 0) is 4.79 Å². The maximum atomic E-state index is 14.9. The molecule has 2 aromatic carbocycles. The lowest BCUT2D eigenvalue weighted by Crippen LogP contribution is -2.50. The molecule has 3 rings (SSSR count). The molecule has 2 amide bonds. The van der Waals surface area contributed by atoms with Crippen molar-refractivity contribution in [2.75, 3.05) is 4.90 Å². The Balaban J connectivity index is 2.20. The summed E-state index contributed by atoms with van der Waals surface area (Å²) in [5.74, 6) is -1.62. The molecule has 31 heavy (non-hydrogen) atoms. The number of halogens is 1. The molecule has 0 saturated carbocycles. The van der Waals surface area contributed by atoms with Crippen molar-refractivity contribution in [3.8, 4) is 0 Å². The SMILES string of the molecule is CCC(C)(C)NC(=O)[C@H](c1cccc(C)c1)N(C(=O)c1csnn1)c1ccccc1F. The fourth-order valence-corrected chi connectivity index (χ4v) is 3.57. The van der Waals surface area contributed by atoms with Gasteiger partial charge in [-0.2, -0.15) is 0 Å². The molecule has 1 atom stereocenters. The highest BCUT2D eigenvalue weighted by Gasteiger charge is 2.37. The van der Waals surface area contributed by atoms with E-state index in [1.165, 1.54) is 28.5 Å². The van der Waals surface area contributed by atoms with Crippen molar-refractivity contribution >= 4 is 29.0 Å². The molecule has 1 aromatic heterocycles. The number of nitrogens with zero attached hydrogens (tertiary/aromatic N) is 3. The molecule has 0 unspecified atom stereocenters. The highest BCUT2D eigenvalue weighted by atomic mass is 32.1. The predicted octanol–water partition coefficient (Wildman–Crippen LogP) is 4.68. The zero-order valence-corrected chi connectivity index (χ0v) is 18.7. The monoisotopic (exact) mass is 440 g/mol. The Morgan fingerprint density at radius 1 is 1.19 bits per heavy atom. The first-order valence-corrected chi connectivity index (χ1v) is 10.8. The second kappa shape index (κ2) is 9.34. The van der Waals surface area contributed by atoms with Crippen molar-refractivity contribution in [2.45, 2.75) is 45.7 Å². The van der Waals surface area contributed by atoms with Gasteiger partial charge in [-0.15, -0.1) is 5.10 Å². The van der Waals surface area contributed by atoms with Gasteiger partial charge in [-0.05, 0) is 56.4 Å². The molecule has 1 N–H and O–H groups in total. The van der Waals surface area contributed by atoms with Gasteiger partial charge >= 0.3 is 0 Å². The molecule has 6 nitrogen and oxygen atoms in total. The zero-order valence-electron chi connectivity index (χ0n) is 17.9. The van der Waals surface area contributed by atoms with Crippen LogP contribution in [-0.4, -0.2) is 26.9 Å². The van der Waals surface area contributed by atoms with Gasteiger partial charge in [0.05, 0.1) is 5.69 Å². The molecule has 0 saturated heterocycles.